The first-order valence-corrected chi connectivity index (χ1v) is 3.21. The molecule has 0 aromatic rings. The van der Waals surface area contributed by atoms with Crippen molar-refractivity contribution in [2.24, 2.45) is 5.73 Å². The molecule has 1 saturated heterocycles. The number of nitrogens with two attached hydrogens (primary N) is 1. The number of hydrogen-bond acceptors (Lipinski definition) is 3. The quantitative estimate of drug-likeness (QED) is 0.562. The monoisotopic (exact) mass is 131 g/mol. The van der Waals surface area contributed by atoms with Crippen molar-refractivity contribution in [3.63, 3.8) is 0 Å². The van der Waals surface area contributed by atoms with Crippen LogP contribution in [-0.4, -0.2) is 32.5 Å². The summed E-state index contributed by atoms with van der Waals surface area (Å²) < 4.78 is 10.3. The van der Waals surface area contributed by atoms with Crippen LogP contribution in [0.4, 0.5) is 0 Å². The van der Waals surface area contributed by atoms with Gasteiger partial charge < -0.3 is 15.2 Å². The zero-order valence-electron chi connectivity index (χ0n) is 5.67. The molecule has 0 amide bonds. The zero-order chi connectivity index (χ0) is 6.69. The van der Waals surface area contributed by atoms with Crippen molar-refractivity contribution in [1.29, 1.82) is 0 Å². The van der Waals surface area contributed by atoms with E-state index in [0.717, 1.165) is 6.42 Å². The highest BCUT2D eigenvalue weighted by Gasteiger charge is 2.23. The van der Waals surface area contributed by atoms with E-state index < -0.39 is 0 Å². The van der Waals surface area contributed by atoms with E-state index in [4.69, 9.17) is 15.2 Å². The van der Waals surface area contributed by atoms with E-state index in [1.165, 1.54) is 0 Å². The molecule has 3 nitrogen and oxygen atoms in total. The first-order chi connectivity index (χ1) is 4.36. The van der Waals surface area contributed by atoms with Crippen LogP contribution < -0.4 is 5.73 Å². The number of rotatable bonds is 2. The molecule has 1 aliphatic heterocycles. The molecule has 2 atom stereocenters. The highest BCUT2D eigenvalue weighted by molar-refractivity contribution is 4.73. The minimum absolute atomic E-state index is 0.231. The lowest BCUT2D eigenvalue weighted by atomic mass is 10.2. The molecule has 0 saturated carbocycles. The maximum Gasteiger partial charge on any atom is 0.0830 e. The van der Waals surface area contributed by atoms with E-state index in [-0.39, 0.29) is 12.2 Å². The highest BCUT2D eigenvalue weighted by atomic mass is 16.5. The van der Waals surface area contributed by atoms with Crippen molar-refractivity contribution in [3.8, 4) is 0 Å². The predicted molar refractivity (Wildman–Crippen MR) is 34.2 cm³/mol. The fourth-order valence-electron chi connectivity index (χ4n) is 1.00. The van der Waals surface area contributed by atoms with Gasteiger partial charge in [-0.05, 0) is 0 Å². The summed E-state index contributed by atoms with van der Waals surface area (Å²) in [6.45, 7) is 1.32. The van der Waals surface area contributed by atoms with Crippen LogP contribution in [0.1, 0.15) is 6.42 Å². The van der Waals surface area contributed by atoms with Gasteiger partial charge in [-0.25, -0.2) is 0 Å². The molecule has 1 heterocycles. The summed E-state index contributed by atoms with van der Waals surface area (Å²) in [7, 11) is 1.70. The van der Waals surface area contributed by atoms with Gasteiger partial charge in [-0.3, -0.25) is 0 Å². The molecule has 3 heteroatoms. The molecule has 0 bridgehead atoms. The van der Waals surface area contributed by atoms with Crippen molar-refractivity contribution in [2.75, 3.05) is 20.3 Å². The van der Waals surface area contributed by atoms with Crippen LogP contribution in [0.15, 0.2) is 0 Å². The van der Waals surface area contributed by atoms with Crippen LogP contribution in [0.3, 0.4) is 0 Å². The minimum Gasteiger partial charge on any atom is -0.379 e. The number of hydrogen-bond donors (Lipinski definition) is 1. The van der Waals surface area contributed by atoms with Crippen LogP contribution in [-0.2, 0) is 9.47 Å². The Morgan fingerprint density at radius 3 is 2.89 bits per heavy atom. The third-order valence-electron chi connectivity index (χ3n) is 1.64. The smallest absolute Gasteiger partial charge is 0.0830 e. The SMILES string of the molecule is COC1COC(CN)C1. The van der Waals surface area contributed by atoms with Crippen molar-refractivity contribution in [1.82, 2.24) is 0 Å². The van der Waals surface area contributed by atoms with Gasteiger partial charge in [0.2, 0.25) is 0 Å². The molecule has 1 fully saturated rings. The molecule has 9 heavy (non-hydrogen) atoms. The third kappa shape index (κ3) is 1.64. The standard InChI is InChI=1S/C6H13NO2/c1-8-6-2-5(3-7)9-4-6/h5-6H,2-4,7H2,1H3. The Balaban J connectivity index is 2.20. The average Bonchev–Trinajstić information content (AvgIpc) is 2.34. The molecule has 54 valence electrons. The molecule has 0 spiro atoms. The van der Waals surface area contributed by atoms with Crippen LogP contribution in [0, 0.1) is 0 Å². The Bertz CT molecular complexity index is 77.1. The summed E-state index contributed by atoms with van der Waals surface area (Å²) in [5, 5.41) is 0. The van der Waals surface area contributed by atoms with Gasteiger partial charge >= 0.3 is 0 Å². The lowest BCUT2D eigenvalue weighted by Crippen LogP contribution is -2.19. The van der Waals surface area contributed by atoms with Crippen LogP contribution >= 0.6 is 0 Å². The molecule has 1 rings (SSSR count). The molecule has 0 aromatic carbocycles. The summed E-state index contributed by atoms with van der Waals surface area (Å²) >= 11 is 0. The Labute approximate surface area is 55.1 Å². The van der Waals surface area contributed by atoms with Gasteiger partial charge in [0.1, 0.15) is 0 Å². The van der Waals surface area contributed by atoms with Crippen molar-refractivity contribution in [2.45, 2.75) is 18.6 Å². The van der Waals surface area contributed by atoms with Crippen molar-refractivity contribution < 1.29 is 9.47 Å². The Morgan fingerprint density at radius 1 is 1.78 bits per heavy atom. The van der Waals surface area contributed by atoms with Crippen LogP contribution in [0.5, 0.6) is 0 Å². The topological polar surface area (TPSA) is 44.5 Å². The van der Waals surface area contributed by atoms with E-state index in [1.807, 2.05) is 0 Å². The van der Waals surface area contributed by atoms with Gasteiger partial charge in [-0.1, -0.05) is 0 Å². The summed E-state index contributed by atoms with van der Waals surface area (Å²) in [6, 6.07) is 0. The van der Waals surface area contributed by atoms with Crippen molar-refractivity contribution in [3.05, 3.63) is 0 Å². The predicted octanol–water partition coefficient (Wildman–Crippen LogP) is -0.251. The number of ether oxygens (including phenoxy) is 2. The zero-order valence-corrected chi connectivity index (χ0v) is 5.67. The minimum atomic E-state index is 0.231. The largest absolute Gasteiger partial charge is 0.379 e. The van der Waals surface area contributed by atoms with E-state index in [0.29, 0.717) is 13.2 Å². The molecular weight excluding hydrogens is 118 g/mol. The Kier molecular flexibility index (Phi) is 2.45. The van der Waals surface area contributed by atoms with E-state index in [1.54, 1.807) is 7.11 Å². The summed E-state index contributed by atoms with van der Waals surface area (Å²) in [5.41, 5.74) is 5.37. The summed E-state index contributed by atoms with van der Waals surface area (Å²) in [4.78, 5) is 0. The van der Waals surface area contributed by atoms with Crippen LogP contribution in [0.2, 0.25) is 0 Å². The first-order valence-electron chi connectivity index (χ1n) is 3.21. The van der Waals surface area contributed by atoms with E-state index in [2.05, 4.69) is 0 Å². The first kappa shape index (κ1) is 6.99. The number of methoxy groups -OCH3 is 1. The van der Waals surface area contributed by atoms with E-state index >= 15 is 0 Å². The van der Waals surface area contributed by atoms with Crippen molar-refractivity contribution >= 4 is 0 Å². The fraction of sp³-hybridized carbons (Fsp3) is 1.00. The van der Waals surface area contributed by atoms with Crippen LogP contribution in [0.25, 0.3) is 0 Å². The normalized spacial score (nSPS) is 35.3. The molecule has 1 aliphatic rings. The third-order valence-corrected chi connectivity index (χ3v) is 1.64. The molecular formula is C6H13NO2. The molecule has 2 N–H and O–H groups in total. The van der Waals surface area contributed by atoms with Gasteiger partial charge in [-0.15, -0.1) is 0 Å². The van der Waals surface area contributed by atoms with Gasteiger partial charge in [0.15, 0.2) is 0 Å². The van der Waals surface area contributed by atoms with Gasteiger partial charge in [0, 0.05) is 20.1 Å². The molecule has 0 aliphatic carbocycles. The van der Waals surface area contributed by atoms with E-state index in [9.17, 15) is 0 Å². The summed E-state index contributed by atoms with van der Waals surface area (Å²) in [6.07, 6.45) is 1.46. The van der Waals surface area contributed by atoms with Gasteiger partial charge in [0.25, 0.3) is 0 Å². The second-order valence-corrected chi connectivity index (χ2v) is 2.28. The Morgan fingerprint density at radius 2 is 2.56 bits per heavy atom. The highest BCUT2D eigenvalue weighted by Crippen LogP contribution is 2.13. The lowest BCUT2D eigenvalue weighted by Gasteiger charge is -2.03. The second-order valence-electron chi connectivity index (χ2n) is 2.28. The molecule has 0 aromatic heterocycles. The second kappa shape index (κ2) is 3.15. The maximum atomic E-state index is 5.37. The summed E-state index contributed by atoms with van der Waals surface area (Å²) in [5.74, 6) is 0. The van der Waals surface area contributed by atoms with Gasteiger partial charge in [0.05, 0.1) is 18.8 Å². The average molecular weight is 131 g/mol. The maximum absolute atomic E-state index is 5.37. The Hall–Kier alpha value is -0.120. The fourth-order valence-corrected chi connectivity index (χ4v) is 1.00. The molecule has 2 unspecified atom stereocenters. The van der Waals surface area contributed by atoms with Gasteiger partial charge in [-0.2, -0.15) is 0 Å². The molecule has 0 radical (unpaired) electrons. The lowest BCUT2D eigenvalue weighted by molar-refractivity contribution is 0.0689.